The van der Waals surface area contributed by atoms with Crippen molar-refractivity contribution in [1.29, 1.82) is 0 Å². The fourth-order valence-electron chi connectivity index (χ4n) is 3.76. The van der Waals surface area contributed by atoms with Gasteiger partial charge in [0.1, 0.15) is 0 Å². The predicted molar refractivity (Wildman–Crippen MR) is 82.1 cm³/mol. The number of hydrogen-bond donors (Lipinski definition) is 1. The maximum Gasteiger partial charge on any atom is 0.0630 e. The van der Waals surface area contributed by atoms with Crippen molar-refractivity contribution in [3.8, 4) is 0 Å². The lowest BCUT2D eigenvalue weighted by molar-refractivity contribution is 0.0935. The fourth-order valence-corrected chi connectivity index (χ4v) is 3.76. The van der Waals surface area contributed by atoms with Crippen LogP contribution in [0.5, 0.6) is 0 Å². The minimum Gasteiger partial charge on any atom is -0.383 e. The summed E-state index contributed by atoms with van der Waals surface area (Å²) in [5.74, 6) is 0. The summed E-state index contributed by atoms with van der Waals surface area (Å²) in [6.07, 6.45) is 8.34. The Morgan fingerprint density at radius 2 is 1.90 bits per heavy atom. The maximum absolute atomic E-state index is 5.45. The van der Waals surface area contributed by atoms with Crippen molar-refractivity contribution in [3.63, 3.8) is 0 Å². The zero-order valence-corrected chi connectivity index (χ0v) is 13.0. The number of hydrogen-bond acceptors (Lipinski definition) is 4. The molecule has 4 heteroatoms. The van der Waals surface area contributed by atoms with Crippen LogP contribution in [0.15, 0.2) is 0 Å². The van der Waals surface area contributed by atoms with Gasteiger partial charge in [0.15, 0.2) is 0 Å². The third-order valence-corrected chi connectivity index (χ3v) is 5.20. The lowest BCUT2D eigenvalue weighted by atomic mass is 10.1. The fraction of sp³-hybridized carbons (Fsp3) is 1.00. The second kappa shape index (κ2) is 7.21. The van der Waals surface area contributed by atoms with Crippen molar-refractivity contribution in [2.24, 2.45) is 0 Å². The molecule has 3 fully saturated rings. The van der Waals surface area contributed by atoms with Crippen LogP contribution in [0.4, 0.5) is 0 Å². The van der Waals surface area contributed by atoms with E-state index in [1.165, 1.54) is 64.7 Å². The summed E-state index contributed by atoms with van der Waals surface area (Å²) < 4.78 is 5.45. The SMILES string of the molecule is COCC(CNC1CC1)N1CCC(N2CCCCC2)C1. The van der Waals surface area contributed by atoms with Crippen LogP contribution in [0.25, 0.3) is 0 Å². The zero-order chi connectivity index (χ0) is 13.8. The van der Waals surface area contributed by atoms with Gasteiger partial charge in [0.2, 0.25) is 0 Å². The summed E-state index contributed by atoms with van der Waals surface area (Å²) in [5, 5.41) is 3.68. The third kappa shape index (κ3) is 3.94. The molecule has 2 unspecified atom stereocenters. The number of ether oxygens (including phenoxy) is 1. The maximum atomic E-state index is 5.45. The van der Waals surface area contributed by atoms with Gasteiger partial charge in [-0.05, 0) is 45.2 Å². The largest absolute Gasteiger partial charge is 0.383 e. The third-order valence-electron chi connectivity index (χ3n) is 5.20. The Balaban J connectivity index is 1.47. The van der Waals surface area contributed by atoms with Crippen LogP contribution in [-0.2, 0) is 4.74 Å². The van der Waals surface area contributed by atoms with Crippen LogP contribution in [0, 0.1) is 0 Å². The van der Waals surface area contributed by atoms with Gasteiger partial charge >= 0.3 is 0 Å². The minimum absolute atomic E-state index is 0.565. The van der Waals surface area contributed by atoms with Crippen molar-refractivity contribution in [3.05, 3.63) is 0 Å². The van der Waals surface area contributed by atoms with Crippen LogP contribution in [-0.4, -0.2) is 74.4 Å². The first-order valence-electron chi connectivity index (χ1n) is 8.57. The lowest BCUT2D eigenvalue weighted by Crippen LogP contribution is -2.47. The molecule has 2 aliphatic heterocycles. The zero-order valence-electron chi connectivity index (χ0n) is 13.0. The normalized spacial score (nSPS) is 30.8. The van der Waals surface area contributed by atoms with E-state index < -0.39 is 0 Å². The summed E-state index contributed by atoms with van der Waals surface area (Å²) in [7, 11) is 1.84. The van der Waals surface area contributed by atoms with E-state index in [1.54, 1.807) is 0 Å². The van der Waals surface area contributed by atoms with Gasteiger partial charge in [0.25, 0.3) is 0 Å². The second-order valence-corrected chi connectivity index (χ2v) is 6.83. The van der Waals surface area contributed by atoms with Crippen molar-refractivity contribution < 1.29 is 4.74 Å². The van der Waals surface area contributed by atoms with Crippen LogP contribution in [0.2, 0.25) is 0 Å². The molecule has 3 rings (SSSR count). The first-order chi connectivity index (χ1) is 9.86. The summed E-state index contributed by atoms with van der Waals surface area (Å²) in [4.78, 5) is 5.40. The second-order valence-electron chi connectivity index (χ2n) is 6.83. The summed E-state index contributed by atoms with van der Waals surface area (Å²) in [5.41, 5.74) is 0. The number of rotatable bonds is 7. The Hall–Kier alpha value is -0.160. The van der Waals surface area contributed by atoms with E-state index >= 15 is 0 Å². The quantitative estimate of drug-likeness (QED) is 0.761. The molecular weight excluding hydrogens is 250 g/mol. The molecule has 0 bridgehead atoms. The minimum atomic E-state index is 0.565. The van der Waals surface area contributed by atoms with E-state index in [-0.39, 0.29) is 0 Å². The van der Waals surface area contributed by atoms with Gasteiger partial charge in [0, 0.05) is 44.9 Å². The molecule has 1 N–H and O–H groups in total. The van der Waals surface area contributed by atoms with Gasteiger partial charge < -0.3 is 10.1 Å². The van der Waals surface area contributed by atoms with Crippen LogP contribution in [0.3, 0.4) is 0 Å². The smallest absolute Gasteiger partial charge is 0.0630 e. The Labute approximate surface area is 123 Å². The molecule has 0 aromatic rings. The number of methoxy groups -OCH3 is 1. The topological polar surface area (TPSA) is 27.7 Å². The molecule has 2 saturated heterocycles. The van der Waals surface area contributed by atoms with Crippen LogP contribution in [0.1, 0.15) is 38.5 Å². The number of piperidine rings is 1. The molecule has 0 amide bonds. The van der Waals surface area contributed by atoms with Crippen molar-refractivity contribution in [2.45, 2.75) is 56.7 Å². The van der Waals surface area contributed by atoms with Crippen molar-refractivity contribution in [2.75, 3.05) is 46.4 Å². The predicted octanol–water partition coefficient (Wildman–Crippen LogP) is 1.31. The molecule has 116 valence electrons. The summed E-state index contributed by atoms with van der Waals surface area (Å²) in [6.45, 7) is 7.13. The first-order valence-corrected chi connectivity index (χ1v) is 8.57. The molecule has 2 heterocycles. The summed E-state index contributed by atoms with van der Waals surface area (Å²) in [6, 6.07) is 2.17. The van der Waals surface area contributed by atoms with Crippen molar-refractivity contribution in [1.82, 2.24) is 15.1 Å². The Kier molecular flexibility index (Phi) is 5.32. The first kappa shape index (κ1) is 14.8. The molecule has 0 spiro atoms. The highest BCUT2D eigenvalue weighted by molar-refractivity contribution is 4.90. The Morgan fingerprint density at radius 1 is 1.10 bits per heavy atom. The molecule has 0 aromatic carbocycles. The monoisotopic (exact) mass is 281 g/mol. The molecule has 4 nitrogen and oxygen atoms in total. The number of likely N-dealkylation sites (tertiary alicyclic amines) is 2. The molecular formula is C16H31N3O. The van der Waals surface area contributed by atoms with Crippen molar-refractivity contribution >= 4 is 0 Å². The molecule has 0 radical (unpaired) electrons. The molecule has 3 aliphatic rings. The molecule has 1 saturated carbocycles. The number of nitrogens with one attached hydrogen (secondary N) is 1. The van der Waals surface area contributed by atoms with E-state index in [0.29, 0.717) is 6.04 Å². The Bertz CT molecular complexity index is 289. The van der Waals surface area contributed by atoms with Crippen LogP contribution < -0.4 is 5.32 Å². The van der Waals surface area contributed by atoms with Gasteiger partial charge in [-0.15, -0.1) is 0 Å². The van der Waals surface area contributed by atoms with E-state index in [4.69, 9.17) is 4.74 Å². The highest BCUT2D eigenvalue weighted by atomic mass is 16.5. The van der Waals surface area contributed by atoms with Gasteiger partial charge in [-0.25, -0.2) is 0 Å². The van der Waals surface area contributed by atoms with E-state index in [2.05, 4.69) is 15.1 Å². The Morgan fingerprint density at radius 3 is 2.60 bits per heavy atom. The van der Waals surface area contributed by atoms with Gasteiger partial charge in [-0.3, -0.25) is 9.80 Å². The van der Waals surface area contributed by atoms with E-state index in [1.807, 2.05) is 7.11 Å². The highest BCUT2D eigenvalue weighted by Gasteiger charge is 2.32. The van der Waals surface area contributed by atoms with Gasteiger partial charge in [0.05, 0.1) is 6.61 Å². The lowest BCUT2D eigenvalue weighted by Gasteiger charge is -2.33. The van der Waals surface area contributed by atoms with E-state index in [9.17, 15) is 0 Å². The summed E-state index contributed by atoms with van der Waals surface area (Å²) >= 11 is 0. The van der Waals surface area contributed by atoms with Crippen LogP contribution >= 0.6 is 0 Å². The highest BCUT2D eigenvalue weighted by Crippen LogP contribution is 2.23. The average molecular weight is 281 g/mol. The number of nitrogens with zero attached hydrogens (tertiary/aromatic N) is 2. The molecule has 2 atom stereocenters. The molecule has 0 aromatic heterocycles. The van der Waals surface area contributed by atoms with Gasteiger partial charge in [-0.1, -0.05) is 6.42 Å². The van der Waals surface area contributed by atoms with Gasteiger partial charge in [-0.2, -0.15) is 0 Å². The van der Waals surface area contributed by atoms with E-state index in [0.717, 1.165) is 25.2 Å². The molecule has 1 aliphatic carbocycles. The molecule has 20 heavy (non-hydrogen) atoms. The standard InChI is InChI=1S/C16H31N3O/c1-20-13-16(11-17-14-5-6-14)19-10-7-15(12-19)18-8-3-2-4-9-18/h14-17H,2-13H2,1H3. The average Bonchev–Trinajstić information content (AvgIpc) is 3.19.